The number of benzene rings is 1. The molecule has 1 nitrogen and oxygen atoms in total. The van der Waals surface area contributed by atoms with Crippen LogP contribution in [-0.4, -0.2) is 20.3 Å². The highest BCUT2D eigenvalue weighted by Crippen LogP contribution is 2.16. The summed E-state index contributed by atoms with van der Waals surface area (Å²) in [5.41, 5.74) is 0.524. The average Bonchev–Trinajstić information content (AvgIpc) is 2.15. The second kappa shape index (κ2) is 4.80. The van der Waals surface area contributed by atoms with E-state index >= 15 is 0 Å². The molecule has 0 N–H and O–H groups in total. The van der Waals surface area contributed by atoms with E-state index < -0.39 is 0 Å². The van der Waals surface area contributed by atoms with Crippen LogP contribution in [0.3, 0.4) is 0 Å². The first kappa shape index (κ1) is 9.96. The number of hydrogen-bond donors (Lipinski definition) is 0. The van der Waals surface area contributed by atoms with Crippen molar-refractivity contribution in [3.63, 3.8) is 0 Å². The third-order valence-corrected chi connectivity index (χ3v) is 1.89. The maximum atomic E-state index is 13.1. The zero-order chi connectivity index (χ0) is 9.68. The second-order valence-corrected chi connectivity index (χ2v) is 2.92. The lowest BCUT2D eigenvalue weighted by atomic mass is 10.2. The highest BCUT2D eigenvalue weighted by atomic mass is 19.1. The summed E-state index contributed by atoms with van der Waals surface area (Å²) >= 11 is 0. The van der Waals surface area contributed by atoms with E-state index in [1.54, 1.807) is 30.1 Å². The fourth-order valence-corrected chi connectivity index (χ4v) is 1.18. The lowest BCUT2D eigenvalue weighted by Gasteiger charge is -2.18. The van der Waals surface area contributed by atoms with E-state index in [0.717, 1.165) is 0 Å². The minimum Gasteiger partial charge on any atom is -0.372 e. The monoisotopic (exact) mass is 185 g/mol. The molecule has 0 bridgehead atoms. The molecule has 0 aliphatic carbocycles. The van der Waals surface area contributed by atoms with Gasteiger partial charge in [0.25, 0.3) is 0 Å². The smallest absolute Gasteiger partial charge is 0.146 e. The van der Waals surface area contributed by atoms with E-state index in [9.17, 15) is 8.78 Å². The molecule has 1 rings (SSSR count). The third kappa shape index (κ3) is 2.68. The van der Waals surface area contributed by atoms with Gasteiger partial charge in [0.2, 0.25) is 0 Å². The summed E-state index contributed by atoms with van der Waals surface area (Å²) < 4.78 is 25.0. The number of para-hydroxylation sites is 1. The van der Waals surface area contributed by atoms with Crippen LogP contribution < -0.4 is 4.90 Å². The molecule has 0 saturated heterocycles. The molecule has 0 amide bonds. The van der Waals surface area contributed by atoms with Gasteiger partial charge in [-0.2, -0.15) is 0 Å². The molecule has 13 heavy (non-hydrogen) atoms. The summed E-state index contributed by atoms with van der Waals surface area (Å²) in [4.78, 5) is 1.72. The topological polar surface area (TPSA) is 3.24 Å². The first-order chi connectivity index (χ1) is 6.25. The lowest BCUT2D eigenvalue weighted by molar-refractivity contribution is 0.473. The molecule has 0 aliphatic rings. The molecule has 0 spiro atoms. The first-order valence-electron chi connectivity index (χ1n) is 4.27. The number of nitrogens with zero attached hydrogens (tertiary/aromatic N) is 1. The Hall–Kier alpha value is -1.12. The molecule has 0 heterocycles. The van der Waals surface area contributed by atoms with Gasteiger partial charge in [0.05, 0.1) is 12.4 Å². The van der Waals surface area contributed by atoms with Crippen LogP contribution in [0.4, 0.5) is 14.5 Å². The van der Waals surface area contributed by atoms with Crippen molar-refractivity contribution in [2.45, 2.75) is 6.42 Å². The Balaban J connectivity index is 2.65. The van der Waals surface area contributed by atoms with Crippen LogP contribution in [0.5, 0.6) is 0 Å². The summed E-state index contributed by atoms with van der Waals surface area (Å²) in [7, 11) is 1.76. The summed E-state index contributed by atoms with van der Waals surface area (Å²) in [6.07, 6.45) is 0.435. The van der Waals surface area contributed by atoms with E-state index in [1.165, 1.54) is 6.07 Å². The molecule has 0 fully saturated rings. The van der Waals surface area contributed by atoms with Gasteiger partial charge >= 0.3 is 0 Å². The van der Waals surface area contributed by atoms with Gasteiger partial charge in [-0.1, -0.05) is 12.1 Å². The number of hydrogen-bond acceptors (Lipinski definition) is 1. The van der Waals surface area contributed by atoms with Gasteiger partial charge in [0, 0.05) is 13.6 Å². The Bertz CT molecular complexity index is 263. The third-order valence-electron chi connectivity index (χ3n) is 1.89. The van der Waals surface area contributed by atoms with Crippen LogP contribution in [0.15, 0.2) is 24.3 Å². The zero-order valence-electron chi connectivity index (χ0n) is 7.63. The van der Waals surface area contributed by atoms with Crippen molar-refractivity contribution in [3.8, 4) is 0 Å². The molecular formula is C10H13F2N. The molecule has 1 aromatic carbocycles. The number of halogens is 2. The molecule has 1 aromatic rings. The number of alkyl halides is 1. The first-order valence-corrected chi connectivity index (χ1v) is 4.27. The van der Waals surface area contributed by atoms with E-state index in [2.05, 4.69) is 0 Å². The molecule has 0 atom stereocenters. The van der Waals surface area contributed by atoms with Gasteiger partial charge < -0.3 is 4.90 Å². The molecular weight excluding hydrogens is 172 g/mol. The summed E-state index contributed by atoms with van der Waals surface area (Å²) in [6, 6.07) is 6.50. The van der Waals surface area contributed by atoms with Gasteiger partial charge in [-0.05, 0) is 18.6 Å². The fraction of sp³-hybridized carbons (Fsp3) is 0.400. The van der Waals surface area contributed by atoms with Crippen molar-refractivity contribution in [1.82, 2.24) is 0 Å². The Morgan fingerprint density at radius 1 is 1.31 bits per heavy atom. The molecule has 3 heteroatoms. The maximum absolute atomic E-state index is 13.1. The molecule has 0 aliphatic heterocycles. The van der Waals surface area contributed by atoms with Gasteiger partial charge in [0.15, 0.2) is 0 Å². The lowest BCUT2D eigenvalue weighted by Crippen LogP contribution is -2.19. The van der Waals surface area contributed by atoms with Crippen LogP contribution in [0.1, 0.15) is 6.42 Å². The fourth-order valence-electron chi connectivity index (χ4n) is 1.18. The highest BCUT2D eigenvalue weighted by molar-refractivity contribution is 5.46. The van der Waals surface area contributed by atoms with E-state index in [0.29, 0.717) is 18.7 Å². The summed E-state index contributed by atoms with van der Waals surface area (Å²) in [5.74, 6) is -0.260. The van der Waals surface area contributed by atoms with Crippen molar-refractivity contribution < 1.29 is 8.78 Å². The van der Waals surface area contributed by atoms with Crippen molar-refractivity contribution in [2.24, 2.45) is 0 Å². The Morgan fingerprint density at radius 2 is 2.00 bits per heavy atom. The quantitative estimate of drug-likeness (QED) is 0.697. The van der Waals surface area contributed by atoms with Crippen LogP contribution in [-0.2, 0) is 0 Å². The Morgan fingerprint density at radius 3 is 2.62 bits per heavy atom. The molecule has 0 radical (unpaired) electrons. The van der Waals surface area contributed by atoms with Crippen molar-refractivity contribution in [1.29, 1.82) is 0 Å². The van der Waals surface area contributed by atoms with Crippen molar-refractivity contribution in [3.05, 3.63) is 30.1 Å². The van der Waals surface area contributed by atoms with Crippen LogP contribution in [0.2, 0.25) is 0 Å². The average molecular weight is 185 g/mol. The van der Waals surface area contributed by atoms with E-state index in [1.807, 2.05) is 0 Å². The molecule has 0 saturated carbocycles. The number of anilines is 1. The normalized spacial score (nSPS) is 10.1. The predicted octanol–water partition coefficient (Wildman–Crippen LogP) is 2.62. The Labute approximate surface area is 77.0 Å². The number of rotatable bonds is 4. The van der Waals surface area contributed by atoms with E-state index in [-0.39, 0.29) is 12.5 Å². The zero-order valence-corrected chi connectivity index (χ0v) is 7.63. The summed E-state index contributed by atoms with van der Waals surface area (Å²) in [6.45, 7) is 0.177. The second-order valence-electron chi connectivity index (χ2n) is 2.92. The molecule has 0 unspecified atom stereocenters. The molecule has 0 aromatic heterocycles. The van der Waals surface area contributed by atoms with Gasteiger partial charge in [0.1, 0.15) is 5.82 Å². The van der Waals surface area contributed by atoms with Crippen molar-refractivity contribution in [2.75, 3.05) is 25.2 Å². The van der Waals surface area contributed by atoms with Crippen LogP contribution in [0.25, 0.3) is 0 Å². The molecule has 72 valence electrons. The maximum Gasteiger partial charge on any atom is 0.146 e. The van der Waals surface area contributed by atoms with Crippen LogP contribution in [0, 0.1) is 5.82 Å². The van der Waals surface area contributed by atoms with Crippen molar-refractivity contribution >= 4 is 5.69 Å². The predicted molar refractivity (Wildman–Crippen MR) is 50.3 cm³/mol. The van der Waals surface area contributed by atoms with Gasteiger partial charge in [-0.25, -0.2) is 4.39 Å². The SMILES string of the molecule is CN(CCCF)c1ccccc1F. The van der Waals surface area contributed by atoms with E-state index in [4.69, 9.17) is 0 Å². The minimum atomic E-state index is -0.362. The standard InChI is InChI=1S/C10H13F2N/c1-13(8-4-7-11)10-6-3-2-5-9(10)12/h2-3,5-6H,4,7-8H2,1H3. The minimum absolute atomic E-state index is 0.260. The van der Waals surface area contributed by atoms with Gasteiger partial charge in [-0.15, -0.1) is 0 Å². The van der Waals surface area contributed by atoms with Crippen LogP contribution >= 0.6 is 0 Å². The van der Waals surface area contributed by atoms with Gasteiger partial charge in [-0.3, -0.25) is 4.39 Å². The highest BCUT2D eigenvalue weighted by Gasteiger charge is 2.04. The summed E-state index contributed by atoms with van der Waals surface area (Å²) in [5, 5.41) is 0. The largest absolute Gasteiger partial charge is 0.372 e. The Kier molecular flexibility index (Phi) is 3.68.